The first-order valence-corrected chi connectivity index (χ1v) is 10.5. The van der Waals surface area contributed by atoms with E-state index >= 15 is 0 Å². The maximum Gasteiger partial charge on any atom is 0.304 e. The molecule has 2 aromatic rings. The second kappa shape index (κ2) is 9.77. The van der Waals surface area contributed by atoms with Crippen molar-refractivity contribution in [1.82, 2.24) is 9.62 Å². The summed E-state index contributed by atoms with van der Waals surface area (Å²) in [4.78, 5) is 12.7. The zero-order chi connectivity index (χ0) is 22.5. The van der Waals surface area contributed by atoms with E-state index in [-0.39, 0.29) is 5.69 Å². The van der Waals surface area contributed by atoms with Crippen LogP contribution in [0, 0.1) is 5.82 Å². The number of halogens is 1. The van der Waals surface area contributed by atoms with Gasteiger partial charge in [-0.2, -0.15) is 12.7 Å². The van der Waals surface area contributed by atoms with Crippen LogP contribution >= 0.6 is 0 Å². The van der Waals surface area contributed by atoms with Crippen LogP contribution < -0.4 is 19.1 Å². The van der Waals surface area contributed by atoms with Gasteiger partial charge in [-0.3, -0.25) is 4.79 Å². The van der Waals surface area contributed by atoms with Crippen molar-refractivity contribution in [2.75, 3.05) is 39.2 Å². The Hall–Kier alpha value is -2.85. The summed E-state index contributed by atoms with van der Waals surface area (Å²) >= 11 is 0. The molecule has 2 rings (SSSR count). The third-order valence-corrected chi connectivity index (χ3v) is 6.25. The summed E-state index contributed by atoms with van der Waals surface area (Å²) in [6.45, 7) is 1.30. The Kier molecular flexibility index (Phi) is 7.63. The molecule has 0 radical (unpaired) electrons. The molecular weight excluding hydrogens is 413 g/mol. The number of amides is 1. The lowest BCUT2D eigenvalue weighted by molar-refractivity contribution is -0.120. The van der Waals surface area contributed by atoms with Crippen LogP contribution in [0.4, 0.5) is 10.1 Å². The highest BCUT2D eigenvalue weighted by molar-refractivity contribution is 7.90. The number of hydrogen-bond donors (Lipinski definition) is 1. The van der Waals surface area contributed by atoms with Crippen molar-refractivity contribution in [2.24, 2.45) is 0 Å². The topological polar surface area (TPSA) is 88.2 Å². The van der Waals surface area contributed by atoms with Crippen LogP contribution in [0.5, 0.6) is 11.5 Å². The summed E-state index contributed by atoms with van der Waals surface area (Å²) in [6, 6.07) is 9.70. The maximum atomic E-state index is 13.3. The summed E-state index contributed by atoms with van der Waals surface area (Å²) in [7, 11) is 1.78. The highest BCUT2D eigenvalue weighted by atomic mass is 32.2. The number of nitrogens with zero attached hydrogens (tertiary/aromatic N) is 2. The Morgan fingerprint density at radius 1 is 1.07 bits per heavy atom. The fourth-order valence-electron chi connectivity index (χ4n) is 2.73. The molecule has 0 aliphatic heterocycles. The van der Waals surface area contributed by atoms with E-state index in [4.69, 9.17) is 9.47 Å². The summed E-state index contributed by atoms with van der Waals surface area (Å²) in [5.41, 5.74) is 0.934. The van der Waals surface area contributed by atoms with Crippen LogP contribution in [0.1, 0.15) is 18.5 Å². The summed E-state index contributed by atoms with van der Waals surface area (Å²) in [5, 5.41) is 2.77. The molecule has 0 aliphatic rings. The first-order valence-electron chi connectivity index (χ1n) is 9.07. The lowest BCUT2D eigenvalue weighted by Gasteiger charge is -2.27. The van der Waals surface area contributed by atoms with Crippen LogP contribution in [-0.2, 0) is 15.0 Å². The number of hydrogen-bond acceptors (Lipinski definition) is 5. The number of anilines is 1. The Bertz CT molecular complexity index is 980. The molecule has 30 heavy (non-hydrogen) atoms. The second-order valence-corrected chi connectivity index (χ2v) is 8.74. The molecule has 0 saturated carbocycles. The van der Waals surface area contributed by atoms with Gasteiger partial charge in [0.15, 0.2) is 11.5 Å². The summed E-state index contributed by atoms with van der Waals surface area (Å²) < 4.78 is 51.1. The molecule has 1 atom stereocenters. The number of carbonyl (C=O) groups is 1. The molecule has 1 N–H and O–H groups in total. The van der Waals surface area contributed by atoms with Gasteiger partial charge in [0.1, 0.15) is 12.4 Å². The normalized spacial score (nSPS) is 12.4. The van der Waals surface area contributed by atoms with E-state index in [9.17, 15) is 17.6 Å². The monoisotopic (exact) mass is 439 g/mol. The number of nitrogens with one attached hydrogen (secondary N) is 1. The molecule has 0 aliphatic carbocycles. The van der Waals surface area contributed by atoms with Crippen LogP contribution in [0.15, 0.2) is 42.5 Å². The van der Waals surface area contributed by atoms with Crippen molar-refractivity contribution >= 4 is 21.8 Å². The van der Waals surface area contributed by atoms with Crippen molar-refractivity contribution in [3.63, 3.8) is 0 Å². The van der Waals surface area contributed by atoms with E-state index in [1.807, 2.05) is 0 Å². The smallest absolute Gasteiger partial charge is 0.304 e. The molecule has 0 aromatic heterocycles. The number of ether oxygens (including phenoxy) is 2. The molecule has 1 amide bonds. The third kappa shape index (κ3) is 5.39. The molecule has 10 heteroatoms. The van der Waals surface area contributed by atoms with Gasteiger partial charge in [0.05, 0.1) is 25.9 Å². The fraction of sp³-hybridized carbons (Fsp3) is 0.350. The van der Waals surface area contributed by atoms with E-state index in [0.717, 1.165) is 26.3 Å². The largest absolute Gasteiger partial charge is 0.493 e. The fourth-order valence-corrected chi connectivity index (χ4v) is 3.80. The first-order chi connectivity index (χ1) is 14.1. The van der Waals surface area contributed by atoms with Gasteiger partial charge in [-0.1, -0.05) is 6.07 Å². The average Bonchev–Trinajstić information content (AvgIpc) is 2.71. The highest BCUT2D eigenvalue weighted by Gasteiger charge is 2.28. The number of methoxy groups -OCH3 is 2. The predicted molar refractivity (Wildman–Crippen MR) is 112 cm³/mol. The summed E-state index contributed by atoms with van der Waals surface area (Å²) in [6.07, 6.45) is 0. The Labute approximate surface area is 176 Å². The minimum absolute atomic E-state index is 0.180. The molecule has 2 aromatic carbocycles. The Balaban J connectivity index is 2.22. The molecule has 0 fully saturated rings. The Morgan fingerprint density at radius 3 is 2.20 bits per heavy atom. The predicted octanol–water partition coefficient (Wildman–Crippen LogP) is 2.33. The van der Waals surface area contributed by atoms with E-state index in [0.29, 0.717) is 11.5 Å². The van der Waals surface area contributed by atoms with Crippen molar-refractivity contribution in [3.8, 4) is 11.5 Å². The molecule has 0 saturated heterocycles. The van der Waals surface area contributed by atoms with Gasteiger partial charge in [-0.15, -0.1) is 0 Å². The zero-order valence-corrected chi connectivity index (χ0v) is 18.4. The Morgan fingerprint density at radius 2 is 1.67 bits per heavy atom. The van der Waals surface area contributed by atoms with E-state index < -0.39 is 34.5 Å². The molecule has 1 unspecified atom stereocenters. The van der Waals surface area contributed by atoms with E-state index in [1.54, 1.807) is 25.1 Å². The van der Waals surface area contributed by atoms with E-state index in [1.165, 1.54) is 40.4 Å². The van der Waals surface area contributed by atoms with Gasteiger partial charge in [0, 0.05) is 14.1 Å². The molecule has 0 heterocycles. The third-order valence-electron chi connectivity index (χ3n) is 4.43. The molecule has 164 valence electrons. The first kappa shape index (κ1) is 23.4. The quantitative estimate of drug-likeness (QED) is 0.648. The standard InChI is InChI=1S/C20H26FN3O5S/c1-14(15-6-11-18(28-4)19(12-15)29-5)22-20(25)13-24(30(26,27)23(2)3)17-9-7-16(21)8-10-17/h6-12,14H,13H2,1-5H3,(H,22,25). The minimum atomic E-state index is -3.97. The van der Waals surface area contributed by atoms with Gasteiger partial charge < -0.3 is 14.8 Å². The minimum Gasteiger partial charge on any atom is -0.493 e. The van der Waals surface area contributed by atoms with Crippen LogP contribution in [0.25, 0.3) is 0 Å². The highest BCUT2D eigenvalue weighted by Crippen LogP contribution is 2.30. The molecule has 8 nitrogen and oxygen atoms in total. The lowest BCUT2D eigenvalue weighted by Crippen LogP contribution is -2.46. The average molecular weight is 440 g/mol. The molecular formula is C20H26FN3O5S. The van der Waals surface area contributed by atoms with Gasteiger partial charge in [-0.05, 0) is 48.9 Å². The number of benzene rings is 2. The van der Waals surface area contributed by atoms with Gasteiger partial charge in [0.25, 0.3) is 0 Å². The molecule has 0 spiro atoms. The number of rotatable bonds is 9. The second-order valence-electron chi connectivity index (χ2n) is 6.68. The lowest BCUT2D eigenvalue weighted by atomic mass is 10.1. The zero-order valence-electron chi connectivity index (χ0n) is 17.5. The SMILES string of the molecule is COc1ccc(C(C)NC(=O)CN(c2ccc(F)cc2)S(=O)(=O)N(C)C)cc1OC. The van der Waals surface area contributed by atoms with Crippen LogP contribution in [0.3, 0.4) is 0 Å². The van der Waals surface area contributed by atoms with Gasteiger partial charge >= 0.3 is 10.2 Å². The van der Waals surface area contributed by atoms with Crippen LogP contribution in [0.2, 0.25) is 0 Å². The molecule has 0 bridgehead atoms. The van der Waals surface area contributed by atoms with Gasteiger partial charge in [-0.25, -0.2) is 8.70 Å². The van der Waals surface area contributed by atoms with Crippen molar-refractivity contribution < 1.29 is 27.1 Å². The van der Waals surface area contributed by atoms with E-state index in [2.05, 4.69) is 5.32 Å². The van der Waals surface area contributed by atoms with Crippen LogP contribution in [-0.4, -0.2) is 53.5 Å². The van der Waals surface area contributed by atoms with Crippen molar-refractivity contribution in [3.05, 3.63) is 53.8 Å². The number of carbonyl (C=O) groups excluding carboxylic acids is 1. The maximum absolute atomic E-state index is 13.3. The van der Waals surface area contributed by atoms with Gasteiger partial charge in [0.2, 0.25) is 5.91 Å². The summed E-state index contributed by atoms with van der Waals surface area (Å²) in [5.74, 6) is 0.0399. The van der Waals surface area contributed by atoms with Crippen molar-refractivity contribution in [1.29, 1.82) is 0 Å². The van der Waals surface area contributed by atoms with Crippen molar-refractivity contribution in [2.45, 2.75) is 13.0 Å².